The first-order chi connectivity index (χ1) is 18.6. The first-order valence-corrected chi connectivity index (χ1v) is 14.4. The molecule has 2 aromatic rings. The summed E-state index contributed by atoms with van der Waals surface area (Å²) in [4.78, 5) is 24.1. The molecule has 0 aliphatic carbocycles. The van der Waals surface area contributed by atoms with Crippen LogP contribution < -0.4 is 19.9 Å². The van der Waals surface area contributed by atoms with Crippen molar-refractivity contribution >= 4 is 19.6 Å². The van der Waals surface area contributed by atoms with Gasteiger partial charge in [0.1, 0.15) is 29.6 Å². The maximum Gasteiger partial charge on any atom is 0.459 e. The van der Waals surface area contributed by atoms with Crippen molar-refractivity contribution in [3.05, 3.63) is 60.4 Å². The number of aliphatic hydroxyl groups excluding tert-OH is 2. The van der Waals surface area contributed by atoms with E-state index in [0.717, 1.165) is 12.8 Å². The van der Waals surface area contributed by atoms with Gasteiger partial charge in [-0.05, 0) is 31.0 Å². The van der Waals surface area contributed by atoms with E-state index in [2.05, 4.69) is 5.09 Å². The molecular formula is C26H37N3O9P+. The number of nitrogens with two attached hydrogens (primary N) is 1. The van der Waals surface area contributed by atoms with E-state index in [0.29, 0.717) is 0 Å². The van der Waals surface area contributed by atoms with Crippen LogP contribution in [-0.2, 0) is 23.4 Å². The van der Waals surface area contributed by atoms with Crippen LogP contribution in [0, 0.1) is 5.92 Å². The molecule has 1 aliphatic rings. The van der Waals surface area contributed by atoms with Gasteiger partial charge >= 0.3 is 13.7 Å². The van der Waals surface area contributed by atoms with Crippen LogP contribution in [0.3, 0.4) is 0 Å². The normalized spacial score (nSPS) is 23.2. The summed E-state index contributed by atoms with van der Waals surface area (Å²) in [6.07, 6.45) is -0.392. The second-order valence-electron chi connectivity index (χ2n) is 9.31. The molecule has 6 atom stereocenters. The molecule has 0 spiro atoms. The summed E-state index contributed by atoms with van der Waals surface area (Å²) < 4.78 is 37.5. The molecule has 0 saturated carbocycles. The predicted octanol–water partition coefficient (Wildman–Crippen LogP) is 1.85. The second kappa shape index (κ2) is 14.0. The van der Waals surface area contributed by atoms with E-state index >= 15 is 0 Å². The first kappa shape index (κ1) is 30.7. The molecule has 2 heterocycles. The maximum absolute atomic E-state index is 13.7. The Balaban J connectivity index is 1.71. The topological polar surface area (TPSA) is 171 Å². The third-order valence-electron chi connectivity index (χ3n) is 6.44. The molecule has 0 radical (unpaired) electrons. The molecule has 1 fully saturated rings. The van der Waals surface area contributed by atoms with Crippen LogP contribution in [-0.4, -0.2) is 59.7 Å². The first-order valence-electron chi connectivity index (χ1n) is 12.8. The number of hydrogen-bond acceptors (Lipinski definition) is 9. The highest BCUT2D eigenvalue weighted by molar-refractivity contribution is 7.52. The molecule has 1 saturated heterocycles. The van der Waals surface area contributed by atoms with Crippen LogP contribution in [0.5, 0.6) is 5.75 Å². The number of benzene rings is 1. The molecule has 12 nitrogen and oxygen atoms in total. The van der Waals surface area contributed by atoms with E-state index in [1.807, 2.05) is 13.8 Å². The van der Waals surface area contributed by atoms with Gasteiger partial charge in [-0.25, -0.2) is 4.57 Å². The number of para-hydroxylation sites is 1. The minimum atomic E-state index is -4.22. The number of esters is 1. The Morgan fingerprint density at radius 3 is 2.46 bits per heavy atom. The van der Waals surface area contributed by atoms with Crippen molar-refractivity contribution in [2.45, 2.75) is 64.2 Å². The lowest BCUT2D eigenvalue weighted by molar-refractivity contribution is -0.765. The molecule has 1 aliphatic heterocycles. The van der Waals surface area contributed by atoms with Gasteiger partial charge in [0.05, 0.1) is 13.2 Å². The Morgan fingerprint density at radius 1 is 1.13 bits per heavy atom. The number of carbonyl (C=O) groups excluding carboxylic acids is 2. The predicted molar refractivity (Wildman–Crippen MR) is 139 cm³/mol. The van der Waals surface area contributed by atoms with Crippen molar-refractivity contribution in [3.63, 3.8) is 0 Å². The van der Waals surface area contributed by atoms with Crippen LogP contribution in [0.25, 0.3) is 0 Å². The average molecular weight is 567 g/mol. The summed E-state index contributed by atoms with van der Waals surface area (Å²) in [7, 11) is -4.22. The van der Waals surface area contributed by atoms with Crippen LogP contribution in [0.1, 0.15) is 50.2 Å². The van der Waals surface area contributed by atoms with Crippen molar-refractivity contribution in [1.29, 1.82) is 0 Å². The number of nitrogens with one attached hydrogen (secondary N) is 1. The molecule has 3 rings (SSSR count). The molecule has 1 aromatic heterocycles. The lowest BCUT2D eigenvalue weighted by Crippen LogP contribution is -2.46. The number of nitrogens with zero attached hydrogens (tertiary/aromatic N) is 1. The number of rotatable bonds is 14. The van der Waals surface area contributed by atoms with Gasteiger partial charge in [0, 0.05) is 6.07 Å². The summed E-state index contributed by atoms with van der Waals surface area (Å²) in [5, 5.41) is 23.8. The molecule has 1 amide bonds. The van der Waals surface area contributed by atoms with Gasteiger partial charge in [-0.2, -0.15) is 9.65 Å². The smallest absolute Gasteiger partial charge is 0.459 e. The number of ether oxygens (including phenoxy) is 2. The van der Waals surface area contributed by atoms with Crippen molar-refractivity contribution in [3.8, 4) is 5.75 Å². The van der Waals surface area contributed by atoms with Crippen molar-refractivity contribution in [2.24, 2.45) is 11.7 Å². The molecule has 1 unspecified atom stereocenters. The Bertz CT molecular complexity index is 1150. The zero-order valence-corrected chi connectivity index (χ0v) is 23.1. The zero-order valence-electron chi connectivity index (χ0n) is 22.2. The number of carbonyl (C=O) groups is 2. The van der Waals surface area contributed by atoms with E-state index < -0.39 is 56.8 Å². The van der Waals surface area contributed by atoms with Gasteiger partial charge in [0.25, 0.3) is 12.1 Å². The molecule has 39 heavy (non-hydrogen) atoms. The van der Waals surface area contributed by atoms with E-state index in [1.165, 1.54) is 30.0 Å². The number of primary amides is 1. The van der Waals surface area contributed by atoms with Gasteiger partial charge < -0.3 is 29.9 Å². The second-order valence-corrected chi connectivity index (χ2v) is 11.0. The fraction of sp³-hybridized carbons (Fsp3) is 0.500. The fourth-order valence-corrected chi connectivity index (χ4v) is 5.43. The van der Waals surface area contributed by atoms with Crippen LogP contribution >= 0.6 is 7.75 Å². The lowest BCUT2D eigenvalue weighted by atomic mass is 10.1. The number of aliphatic hydroxyl groups is 2. The van der Waals surface area contributed by atoms with Crippen LogP contribution in [0.15, 0.2) is 54.9 Å². The average Bonchev–Trinajstić information content (AvgIpc) is 3.21. The van der Waals surface area contributed by atoms with Crippen LogP contribution in [0.4, 0.5) is 0 Å². The van der Waals surface area contributed by atoms with Gasteiger partial charge in [0.15, 0.2) is 18.5 Å². The molecular weight excluding hydrogens is 529 g/mol. The fourth-order valence-electron chi connectivity index (χ4n) is 3.93. The van der Waals surface area contributed by atoms with E-state index in [-0.39, 0.29) is 23.8 Å². The molecule has 1 aromatic carbocycles. The number of hydrogen-bond donors (Lipinski definition) is 4. The van der Waals surface area contributed by atoms with Crippen molar-refractivity contribution < 1.29 is 47.5 Å². The van der Waals surface area contributed by atoms with Crippen molar-refractivity contribution in [1.82, 2.24) is 5.09 Å². The maximum atomic E-state index is 13.7. The number of aromatic nitrogens is 1. The number of pyridine rings is 1. The lowest BCUT2D eigenvalue weighted by Gasteiger charge is -2.24. The summed E-state index contributed by atoms with van der Waals surface area (Å²) in [6, 6.07) is 10.2. The monoisotopic (exact) mass is 566 g/mol. The van der Waals surface area contributed by atoms with E-state index in [1.54, 1.807) is 36.4 Å². The largest absolute Gasteiger partial charge is 0.464 e. The Kier molecular flexibility index (Phi) is 11.0. The Labute approximate surface area is 227 Å². The van der Waals surface area contributed by atoms with Crippen LogP contribution in [0.2, 0.25) is 0 Å². The third kappa shape index (κ3) is 8.31. The third-order valence-corrected chi connectivity index (χ3v) is 8.08. The minimum Gasteiger partial charge on any atom is -0.464 e. The van der Waals surface area contributed by atoms with Gasteiger partial charge in [-0.1, -0.05) is 44.9 Å². The molecule has 5 N–H and O–H groups in total. The zero-order chi connectivity index (χ0) is 28.6. The summed E-state index contributed by atoms with van der Waals surface area (Å²) in [5.41, 5.74) is 5.51. The Morgan fingerprint density at radius 2 is 1.82 bits per heavy atom. The van der Waals surface area contributed by atoms with Crippen molar-refractivity contribution in [2.75, 3.05) is 13.2 Å². The van der Waals surface area contributed by atoms with E-state index in [4.69, 9.17) is 24.3 Å². The Hall–Kier alpha value is -2.86. The quantitative estimate of drug-likeness (QED) is 0.150. The standard InChI is InChI=1S/C26H36N3O9P/c1-4-18(5-2)15-35-26(33)17(3)28-39(34,38-20-11-7-6-8-12-20)36-16-21-22(30)23(31)25(37-21)29-13-9-10-19(14-29)24(27)32/h6-14,17-18,21-23,25,30-31H,4-5,15-16H2,1-3H3,(H2-,27,28,32,34)/p+1/t17-,21+,22+,23+,25+,39?/m0/s1. The molecule has 13 heteroatoms. The van der Waals surface area contributed by atoms with E-state index in [9.17, 15) is 24.4 Å². The number of amides is 1. The molecule has 214 valence electrons. The van der Waals surface area contributed by atoms with Gasteiger partial charge in [0.2, 0.25) is 0 Å². The summed E-state index contributed by atoms with van der Waals surface area (Å²) in [5.74, 6) is -0.863. The summed E-state index contributed by atoms with van der Waals surface area (Å²) in [6.45, 7) is 5.26. The van der Waals surface area contributed by atoms with Gasteiger partial charge in [-0.15, -0.1) is 0 Å². The highest BCUT2D eigenvalue weighted by atomic mass is 31.2. The van der Waals surface area contributed by atoms with Gasteiger partial charge in [-0.3, -0.25) is 14.1 Å². The highest BCUT2D eigenvalue weighted by Gasteiger charge is 2.49. The highest BCUT2D eigenvalue weighted by Crippen LogP contribution is 2.45. The SMILES string of the molecule is CCC(CC)COC(=O)[C@H](C)NP(=O)(OC[C@H]1O[C@@H]([n+]2cccc(C(N)=O)c2)[C@H](O)[C@@H]1O)Oc1ccccc1. The summed E-state index contributed by atoms with van der Waals surface area (Å²) >= 11 is 0. The minimum absolute atomic E-state index is 0.178. The molecule has 0 bridgehead atoms.